The summed E-state index contributed by atoms with van der Waals surface area (Å²) in [6.07, 6.45) is 1.56. The maximum atomic E-state index is 13.1. The molecule has 168 valence electrons. The van der Waals surface area contributed by atoms with E-state index in [0.717, 1.165) is 24.2 Å². The molecule has 2 heterocycles. The van der Waals surface area contributed by atoms with Gasteiger partial charge in [0.15, 0.2) is 0 Å². The van der Waals surface area contributed by atoms with Crippen molar-refractivity contribution in [3.05, 3.63) is 82.0 Å². The second-order valence-electron chi connectivity index (χ2n) is 8.02. The normalized spacial score (nSPS) is 14.5. The number of benzene rings is 2. The fourth-order valence-electron chi connectivity index (χ4n) is 4.35. The van der Waals surface area contributed by atoms with E-state index in [-0.39, 0.29) is 17.5 Å². The van der Waals surface area contributed by atoms with Crippen LogP contribution in [0.1, 0.15) is 54.4 Å². The Morgan fingerprint density at radius 2 is 1.72 bits per heavy atom. The number of carbonyl (C=O) groups excluding carboxylic acids is 1. The Hall–Kier alpha value is -3.35. The highest BCUT2D eigenvalue weighted by Gasteiger charge is 2.29. The lowest BCUT2D eigenvalue weighted by molar-refractivity contribution is 0.0706. The van der Waals surface area contributed by atoms with Crippen LogP contribution in [-0.2, 0) is 13.1 Å². The molecule has 1 amide bonds. The smallest absolute Gasteiger partial charge is 0.346 e. The lowest BCUT2D eigenvalue weighted by atomic mass is 9.95. The highest BCUT2D eigenvalue weighted by molar-refractivity contribution is 5.97. The largest absolute Gasteiger partial charge is 0.493 e. The van der Waals surface area contributed by atoms with Gasteiger partial charge in [0.05, 0.1) is 18.7 Å². The van der Waals surface area contributed by atoms with Gasteiger partial charge in [-0.3, -0.25) is 9.36 Å². The van der Waals surface area contributed by atoms with Gasteiger partial charge in [0.2, 0.25) is 0 Å². The molecular formula is C25H30N4O3. The monoisotopic (exact) mass is 434 g/mol. The Balaban J connectivity index is 1.48. The van der Waals surface area contributed by atoms with Crippen molar-refractivity contribution in [2.45, 2.75) is 45.7 Å². The van der Waals surface area contributed by atoms with Gasteiger partial charge in [-0.05, 0) is 44.4 Å². The van der Waals surface area contributed by atoms with Crippen molar-refractivity contribution in [1.29, 1.82) is 0 Å². The Bertz CT molecular complexity index is 1110. The molecule has 4 rings (SSSR count). The summed E-state index contributed by atoms with van der Waals surface area (Å²) in [5.41, 5.74) is 1.58. The Morgan fingerprint density at radius 3 is 2.41 bits per heavy atom. The number of hydrogen-bond donors (Lipinski definition) is 0. The standard InChI is InChI=1S/C25H30N4O3/c1-3-28-23(26-29(25(28)31)18-19-10-6-5-7-11-19)20-14-16-27(17-15-20)24(30)21-12-8-9-13-22(21)32-4-2/h5-13,20H,3-4,14-18H2,1-2H3. The average Bonchev–Trinajstić information content (AvgIpc) is 3.15. The minimum absolute atomic E-state index is 0.00464. The van der Waals surface area contributed by atoms with Gasteiger partial charge < -0.3 is 9.64 Å². The maximum absolute atomic E-state index is 13.1. The van der Waals surface area contributed by atoms with Crippen molar-refractivity contribution in [1.82, 2.24) is 19.2 Å². The van der Waals surface area contributed by atoms with E-state index in [1.807, 2.05) is 73.3 Å². The Labute approximate surface area is 188 Å². The zero-order valence-corrected chi connectivity index (χ0v) is 18.7. The summed E-state index contributed by atoms with van der Waals surface area (Å²) in [4.78, 5) is 27.9. The number of likely N-dealkylation sites (tertiary alicyclic amines) is 1. The molecule has 0 aliphatic carbocycles. The number of carbonyl (C=O) groups is 1. The Morgan fingerprint density at radius 1 is 1.03 bits per heavy atom. The van der Waals surface area contributed by atoms with Crippen molar-refractivity contribution in [3.63, 3.8) is 0 Å². The average molecular weight is 435 g/mol. The molecule has 1 aliphatic rings. The van der Waals surface area contributed by atoms with Gasteiger partial charge in [-0.2, -0.15) is 5.10 Å². The van der Waals surface area contributed by atoms with Gasteiger partial charge in [0, 0.05) is 25.6 Å². The molecule has 0 unspecified atom stereocenters. The van der Waals surface area contributed by atoms with Gasteiger partial charge >= 0.3 is 5.69 Å². The lowest BCUT2D eigenvalue weighted by Crippen LogP contribution is -2.38. The first-order chi connectivity index (χ1) is 15.6. The maximum Gasteiger partial charge on any atom is 0.346 e. The third-order valence-electron chi connectivity index (χ3n) is 6.01. The number of nitrogens with zero attached hydrogens (tertiary/aromatic N) is 4. The van der Waals surface area contributed by atoms with Crippen LogP contribution < -0.4 is 10.4 Å². The number of aromatic nitrogens is 3. The molecule has 3 aromatic rings. The lowest BCUT2D eigenvalue weighted by Gasteiger charge is -2.32. The quantitative estimate of drug-likeness (QED) is 0.570. The van der Waals surface area contributed by atoms with Crippen molar-refractivity contribution >= 4 is 5.91 Å². The van der Waals surface area contributed by atoms with Gasteiger partial charge in [-0.1, -0.05) is 42.5 Å². The molecule has 1 fully saturated rings. The second kappa shape index (κ2) is 9.85. The minimum atomic E-state index is -0.0736. The van der Waals surface area contributed by atoms with Crippen LogP contribution in [0.3, 0.4) is 0 Å². The first kappa shape index (κ1) is 21.9. The molecule has 1 saturated heterocycles. The van der Waals surface area contributed by atoms with Gasteiger partial charge in [-0.25, -0.2) is 9.48 Å². The molecule has 0 radical (unpaired) electrons. The molecular weight excluding hydrogens is 404 g/mol. The Kier molecular flexibility index (Phi) is 6.73. The molecule has 7 heteroatoms. The molecule has 0 atom stereocenters. The molecule has 0 spiro atoms. The molecule has 0 saturated carbocycles. The van der Waals surface area contributed by atoms with Gasteiger partial charge in [0.25, 0.3) is 5.91 Å². The van der Waals surface area contributed by atoms with Crippen LogP contribution in [-0.4, -0.2) is 44.9 Å². The van der Waals surface area contributed by atoms with Crippen molar-refractivity contribution in [2.24, 2.45) is 0 Å². The second-order valence-corrected chi connectivity index (χ2v) is 8.02. The number of ether oxygens (including phenoxy) is 1. The molecule has 0 bridgehead atoms. The van der Waals surface area contributed by atoms with Crippen LogP contribution in [0.4, 0.5) is 0 Å². The van der Waals surface area contributed by atoms with Crippen molar-refractivity contribution in [2.75, 3.05) is 19.7 Å². The SMILES string of the molecule is CCOc1ccccc1C(=O)N1CCC(c2nn(Cc3ccccc3)c(=O)n2CC)CC1. The van der Waals surface area contributed by atoms with E-state index < -0.39 is 0 Å². The fourth-order valence-corrected chi connectivity index (χ4v) is 4.35. The minimum Gasteiger partial charge on any atom is -0.493 e. The molecule has 1 aromatic heterocycles. The molecule has 7 nitrogen and oxygen atoms in total. The zero-order chi connectivity index (χ0) is 22.5. The molecule has 1 aliphatic heterocycles. The van der Waals surface area contributed by atoms with Gasteiger partial charge in [-0.15, -0.1) is 0 Å². The molecule has 2 aromatic carbocycles. The topological polar surface area (TPSA) is 69.4 Å². The van der Waals surface area contributed by atoms with Gasteiger partial charge in [0.1, 0.15) is 11.6 Å². The summed E-state index contributed by atoms with van der Waals surface area (Å²) in [5, 5.41) is 4.71. The first-order valence-electron chi connectivity index (χ1n) is 11.3. The van der Waals surface area contributed by atoms with Crippen molar-refractivity contribution in [3.8, 4) is 5.75 Å². The number of hydrogen-bond acceptors (Lipinski definition) is 4. The summed E-state index contributed by atoms with van der Waals surface area (Å²) in [5.74, 6) is 1.61. The summed E-state index contributed by atoms with van der Waals surface area (Å²) >= 11 is 0. The van der Waals surface area contributed by atoms with E-state index in [1.165, 1.54) is 0 Å². The predicted octanol–water partition coefficient (Wildman–Crippen LogP) is 3.53. The van der Waals surface area contributed by atoms with Crippen LogP contribution in [0, 0.1) is 0 Å². The van der Waals surface area contributed by atoms with E-state index >= 15 is 0 Å². The number of rotatable bonds is 7. The van der Waals surface area contributed by atoms with E-state index in [2.05, 4.69) is 0 Å². The zero-order valence-electron chi connectivity index (χ0n) is 18.7. The molecule has 0 N–H and O–H groups in total. The summed E-state index contributed by atoms with van der Waals surface area (Å²) in [6.45, 7) is 6.72. The number of piperidine rings is 1. The number of amides is 1. The first-order valence-corrected chi connectivity index (χ1v) is 11.3. The summed E-state index contributed by atoms with van der Waals surface area (Å²) in [6, 6.07) is 17.3. The van der Waals surface area contributed by atoms with Crippen LogP contribution >= 0.6 is 0 Å². The third-order valence-corrected chi connectivity index (χ3v) is 6.01. The van der Waals surface area contributed by atoms with E-state index in [1.54, 1.807) is 9.25 Å². The fraction of sp³-hybridized carbons (Fsp3) is 0.400. The third kappa shape index (κ3) is 4.47. The predicted molar refractivity (Wildman–Crippen MR) is 123 cm³/mol. The number of para-hydroxylation sites is 1. The highest BCUT2D eigenvalue weighted by Crippen LogP contribution is 2.28. The van der Waals surface area contributed by atoms with E-state index in [0.29, 0.717) is 44.1 Å². The van der Waals surface area contributed by atoms with Crippen LogP contribution in [0.2, 0.25) is 0 Å². The van der Waals surface area contributed by atoms with Crippen molar-refractivity contribution < 1.29 is 9.53 Å². The summed E-state index contributed by atoms with van der Waals surface area (Å²) < 4.78 is 8.97. The highest BCUT2D eigenvalue weighted by atomic mass is 16.5. The summed E-state index contributed by atoms with van der Waals surface area (Å²) in [7, 11) is 0. The van der Waals surface area contributed by atoms with E-state index in [4.69, 9.17) is 9.84 Å². The van der Waals surface area contributed by atoms with Crippen LogP contribution in [0.15, 0.2) is 59.4 Å². The van der Waals surface area contributed by atoms with E-state index in [9.17, 15) is 9.59 Å². The molecule has 32 heavy (non-hydrogen) atoms. The van der Waals surface area contributed by atoms with Crippen LogP contribution in [0.5, 0.6) is 5.75 Å². The van der Waals surface area contributed by atoms with Crippen LogP contribution in [0.25, 0.3) is 0 Å².